The molecule has 4 rings (SSSR count). The number of ketones is 1. The summed E-state index contributed by atoms with van der Waals surface area (Å²) in [5.74, 6) is 0.909. The third-order valence-corrected chi connectivity index (χ3v) is 4.25. The SMILES string of the molecule is COc1ccc2[nH]c3c(c2c1)CCc1ccccc1C3=O. The van der Waals surface area contributed by atoms with Gasteiger partial charge in [-0.1, -0.05) is 24.3 Å². The fraction of sp³-hybridized carbons (Fsp3) is 0.167. The number of benzene rings is 2. The molecule has 3 aromatic rings. The number of H-pyrrole nitrogens is 1. The Labute approximate surface area is 122 Å². The predicted molar refractivity (Wildman–Crippen MR) is 82.1 cm³/mol. The van der Waals surface area contributed by atoms with E-state index in [4.69, 9.17) is 4.74 Å². The van der Waals surface area contributed by atoms with Gasteiger partial charge in [-0.05, 0) is 42.2 Å². The number of hydrogen-bond acceptors (Lipinski definition) is 2. The van der Waals surface area contributed by atoms with E-state index in [9.17, 15) is 4.79 Å². The highest BCUT2D eigenvalue weighted by molar-refractivity contribution is 6.13. The van der Waals surface area contributed by atoms with Gasteiger partial charge in [0.15, 0.2) is 0 Å². The van der Waals surface area contributed by atoms with E-state index in [0.29, 0.717) is 0 Å². The molecule has 21 heavy (non-hydrogen) atoms. The molecule has 1 heterocycles. The molecule has 3 nitrogen and oxygen atoms in total. The van der Waals surface area contributed by atoms with Gasteiger partial charge in [0.1, 0.15) is 5.75 Å². The summed E-state index contributed by atoms with van der Waals surface area (Å²) >= 11 is 0. The van der Waals surface area contributed by atoms with Crippen LogP contribution in [0.1, 0.15) is 27.2 Å². The minimum absolute atomic E-state index is 0.0910. The van der Waals surface area contributed by atoms with E-state index in [1.807, 2.05) is 42.5 Å². The molecule has 3 heteroatoms. The van der Waals surface area contributed by atoms with Gasteiger partial charge in [0, 0.05) is 16.5 Å². The maximum Gasteiger partial charge on any atom is 0.209 e. The first-order valence-corrected chi connectivity index (χ1v) is 7.09. The highest BCUT2D eigenvalue weighted by atomic mass is 16.5. The Morgan fingerprint density at radius 3 is 2.81 bits per heavy atom. The minimum atomic E-state index is 0.0910. The second kappa shape index (κ2) is 4.48. The maximum atomic E-state index is 12.8. The fourth-order valence-electron chi connectivity index (χ4n) is 3.16. The summed E-state index contributed by atoms with van der Waals surface area (Å²) in [6.45, 7) is 0. The van der Waals surface area contributed by atoms with Crippen LogP contribution in [0.2, 0.25) is 0 Å². The number of aromatic amines is 1. The van der Waals surface area contributed by atoms with Crippen molar-refractivity contribution in [2.24, 2.45) is 0 Å². The van der Waals surface area contributed by atoms with Crippen molar-refractivity contribution >= 4 is 16.7 Å². The van der Waals surface area contributed by atoms with Crippen LogP contribution in [0, 0.1) is 0 Å². The summed E-state index contributed by atoms with van der Waals surface area (Å²) in [4.78, 5) is 16.1. The van der Waals surface area contributed by atoms with Crippen molar-refractivity contribution in [3.05, 3.63) is 64.8 Å². The zero-order chi connectivity index (χ0) is 14.4. The molecular weight excluding hydrogens is 262 g/mol. The Balaban J connectivity index is 1.96. The third kappa shape index (κ3) is 1.77. The van der Waals surface area contributed by atoms with E-state index in [-0.39, 0.29) is 5.78 Å². The van der Waals surface area contributed by atoms with E-state index in [2.05, 4.69) is 4.98 Å². The van der Waals surface area contributed by atoms with Crippen LogP contribution in [0.15, 0.2) is 42.5 Å². The molecule has 0 unspecified atom stereocenters. The molecule has 1 N–H and O–H groups in total. The Bertz CT molecular complexity index is 861. The Hall–Kier alpha value is -2.55. The number of hydrogen-bond donors (Lipinski definition) is 1. The number of methoxy groups -OCH3 is 1. The number of aromatic nitrogens is 1. The van der Waals surface area contributed by atoms with Gasteiger partial charge in [-0.3, -0.25) is 4.79 Å². The first-order valence-electron chi connectivity index (χ1n) is 7.09. The number of rotatable bonds is 1. The quantitative estimate of drug-likeness (QED) is 0.739. The molecule has 1 aliphatic rings. The molecule has 0 fully saturated rings. The summed E-state index contributed by atoms with van der Waals surface area (Å²) in [6.07, 6.45) is 1.75. The van der Waals surface area contributed by atoms with Gasteiger partial charge in [0.2, 0.25) is 5.78 Å². The van der Waals surface area contributed by atoms with Crippen LogP contribution in [0.4, 0.5) is 0 Å². The summed E-state index contributed by atoms with van der Waals surface area (Å²) in [5.41, 5.74) is 4.76. The monoisotopic (exact) mass is 277 g/mol. The van der Waals surface area contributed by atoms with Crippen molar-refractivity contribution in [2.45, 2.75) is 12.8 Å². The summed E-state index contributed by atoms with van der Waals surface area (Å²) in [6, 6.07) is 13.8. The highest BCUT2D eigenvalue weighted by Crippen LogP contribution is 2.32. The van der Waals surface area contributed by atoms with Gasteiger partial charge in [0.25, 0.3) is 0 Å². The van der Waals surface area contributed by atoms with Crippen molar-refractivity contribution in [1.82, 2.24) is 4.98 Å². The van der Waals surface area contributed by atoms with E-state index in [1.165, 1.54) is 0 Å². The Kier molecular flexibility index (Phi) is 2.61. The van der Waals surface area contributed by atoms with Crippen LogP contribution < -0.4 is 4.74 Å². The summed E-state index contributed by atoms with van der Waals surface area (Å²) < 4.78 is 5.30. The Morgan fingerprint density at radius 2 is 1.95 bits per heavy atom. The lowest BCUT2D eigenvalue weighted by atomic mass is 10.0. The van der Waals surface area contributed by atoms with Gasteiger partial charge >= 0.3 is 0 Å². The number of carbonyl (C=O) groups excluding carboxylic acids is 1. The minimum Gasteiger partial charge on any atom is -0.497 e. The summed E-state index contributed by atoms with van der Waals surface area (Å²) in [7, 11) is 1.66. The third-order valence-electron chi connectivity index (χ3n) is 4.25. The molecule has 0 amide bonds. The van der Waals surface area contributed by atoms with Crippen molar-refractivity contribution in [3.8, 4) is 5.75 Å². The van der Waals surface area contributed by atoms with Crippen LogP contribution in [-0.2, 0) is 12.8 Å². The van der Waals surface area contributed by atoms with Crippen molar-refractivity contribution < 1.29 is 9.53 Å². The van der Waals surface area contributed by atoms with Crippen LogP contribution in [0.5, 0.6) is 5.75 Å². The number of nitrogens with one attached hydrogen (secondary N) is 1. The van der Waals surface area contributed by atoms with Crippen LogP contribution in [-0.4, -0.2) is 17.9 Å². The van der Waals surface area contributed by atoms with E-state index in [1.54, 1.807) is 7.11 Å². The normalized spacial score (nSPS) is 13.7. The van der Waals surface area contributed by atoms with Crippen LogP contribution in [0.3, 0.4) is 0 Å². The molecule has 0 bridgehead atoms. The molecule has 2 aromatic carbocycles. The molecule has 1 aromatic heterocycles. The van der Waals surface area contributed by atoms with E-state index in [0.717, 1.165) is 51.9 Å². The smallest absolute Gasteiger partial charge is 0.209 e. The molecule has 1 aliphatic carbocycles. The molecule has 0 aliphatic heterocycles. The van der Waals surface area contributed by atoms with Crippen molar-refractivity contribution in [2.75, 3.05) is 7.11 Å². The molecule has 0 saturated heterocycles. The molecule has 0 radical (unpaired) electrons. The standard InChI is InChI=1S/C18H15NO2/c1-21-12-7-9-16-15(10-12)14-8-6-11-4-2-3-5-13(11)18(20)17(14)19-16/h2-5,7,9-10,19H,6,8H2,1H3. The lowest BCUT2D eigenvalue weighted by molar-refractivity contribution is 0.103. The zero-order valence-electron chi connectivity index (χ0n) is 11.8. The second-order valence-electron chi connectivity index (χ2n) is 5.38. The highest BCUT2D eigenvalue weighted by Gasteiger charge is 2.24. The predicted octanol–water partition coefficient (Wildman–Crippen LogP) is 3.51. The molecule has 0 spiro atoms. The molecular formula is C18H15NO2. The lowest BCUT2D eigenvalue weighted by Gasteiger charge is -2.03. The molecule has 0 atom stereocenters. The maximum absolute atomic E-state index is 12.8. The number of fused-ring (bicyclic) bond motifs is 4. The molecule has 0 saturated carbocycles. The largest absolute Gasteiger partial charge is 0.497 e. The van der Waals surface area contributed by atoms with Crippen LogP contribution >= 0.6 is 0 Å². The van der Waals surface area contributed by atoms with Crippen LogP contribution in [0.25, 0.3) is 10.9 Å². The summed E-state index contributed by atoms with van der Waals surface area (Å²) in [5, 5.41) is 1.09. The van der Waals surface area contributed by atoms with Gasteiger partial charge in [-0.2, -0.15) is 0 Å². The molecule has 104 valence electrons. The topological polar surface area (TPSA) is 42.1 Å². The number of aryl methyl sites for hydroxylation is 2. The van der Waals surface area contributed by atoms with Gasteiger partial charge < -0.3 is 9.72 Å². The average molecular weight is 277 g/mol. The van der Waals surface area contributed by atoms with E-state index < -0.39 is 0 Å². The number of ether oxygens (including phenoxy) is 1. The lowest BCUT2D eigenvalue weighted by Crippen LogP contribution is -2.03. The van der Waals surface area contributed by atoms with Crippen molar-refractivity contribution in [1.29, 1.82) is 0 Å². The van der Waals surface area contributed by atoms with E-state index >= 15 is 0 Å². The second-order valence-corrected chi connectivity index (χ2v) is 5.38. The van der Waals surface area contributed by atoms with Gasteiger partial charge in [-0.25, -0.2) is 0 Å². The Morgan fingerprint density at radius 1 is 1.10 bits per heavy atom. The zero-order valence-corrected chi connectivity index (χ0v) is 11.8. The first kappa shape index (κ1) is 12.2. The van der Waals surface area contributed by atoms with Gasteiger partial charge in [-0.15, -0.1) is 0 Å². The average Bonchev–Trinajstić information content (AvgIpc) is 2.83. The van der Waals surface area contributed by atoms with Crippen molar-refractivity contribution in [3.63, 3.8) is 0 Å². The van der Waals surface area contributed by atoms with Gasteiger partial charge in [0.05, 0.1) is 12.8 Å². The fourth-order valence-corrected chi connectivity index (χ4v) is 3.16. The number of carbonyl (C=O) groups is 1. The first-order chi connectivity index (χ1) is 10.3.